The zero-order valence-corrected chi connectivity index (χ0v) is 19.2. The van der Waals surface area contributed by atoms with Gasteiger partial charge in [-0.1, -0.05) is 18.6 Å². The Balaban J connectivity index is 1.56. The van der Waals surface area contributed by atoms with Gasteiger partial charge in [-0.15, -0.1) is 0 Å². The minimum Gasteiger partial charge on any atom is -0.508 e. The summed E-state index contributed by atoms with van der Waals surface area (Å²) in [6.45, 7) is 0.516. The molecule has 0 radical (unpaired) electrons. The number of nitrogens with zero attached hydrogens (tertiary/aromatic N) is 1. The van der Waals surface area contributed by atoms with Crippen molar-refractivity contribution in [2.75, 3.05) is 20.3 Å². The molecule has 1 aromatic carbocycles. The number of carboxylic acids is 1. The number of hydrogen-bond donors (Lipinski definition) is 3. The summed E-state index contributed by atoms with van der Waals surface area (Å²) in [5.74, 6) is -2.61. The molecular weight excluding hydrogens is 441 g/mol. The van der Waals surface area contributed by atoms with Gasteiger partial charge in [0.15, 0.2) is 0 Å². The summed E-state index contributed by atoms with van der Waals surface area (Å²) in [5, 5.41) is 29.3. The van der Waals surface area contributed by atoms with Crippen molar-refractivity contribution in [3.05, 3.63) is 40.9 Å². The number of phenols is 1. The number of methoxy groups -OCH3 is 1. The van der Waals surface area contributed by atoms with Crippen molar-refractivity contribution >= 4 is 24.9 Å². The fourth-order valence-electron chi connectivity index (χ4n) is 5.63. The predicted molar refractivity (Wildman–Crippen MR) is 121 cm³/mol. The highest BCUT2D eigenvalue weighted by atomic mass is 16.5. The molecule has 2 saturated heterocycles. The van der Waals surface area contributed by atoms with Crippen molar-refractivity contribution < 1.29 is 39.0 Å². The van der Waals surface area contributed by atoms with Crippen LogP contribution in [0.4, 0.5) is 0 Å². The summed E-state index contributed by atoms with van der Waals surface area (Å²) in [5.41, 5.74) is 2.22. The van der Waals surface area contributed by atoms with Crippen LogP contribution in [0.1, 0.15) is 50.2 Å². The maximum Gasteiger partial charge on any atom is 0.487 e. The van der Waals surface area contributed by atoms with Crippen LogP contribution in [0.5, 0.6) is 5.75 Å². The molecule has 0 saturated carbocycles. The molecule has 2 aliphatic heterocycles. The molecule has 2 fully saturated rings. The van der Waals surface area contributed by atoms with E-state index in [1.807, 2.05) is 0 Å². The van der Waals surface area contributed by atoms with Crippen LogP contribution in [0.15, 0.2) is 35.3 Å². The number of amides is 2. The fraction of sp³-hybridized carbons (Fsp3) is 0.542. The van der Waals surface area contributed by atoms with Crippen LogP contribution in [0.2, 0.25) is 0 Å². The zero-order chi connectivity index (χ0) is 24.4. The first-order chi connectivity index (χ1) is 16.3. The number of carbonyl (C=O) groups excluding carboxylic acids is 2. The van der Waals surface area contributed by atoms with E-state index in [0.29, 0.717) is 37.6 Å². The topological polar surface area (TPSA) is 134 Å². The smallest absolute Gasteiger partial charge is 0.487 e. The van der Waals surface area contributed by atoms with Crippen molar-refractivity contribution in [3.8, 4) is 5.75 Å². The Morgan fingerprint density at radius 1 is 1.15 bits per heavy atom. The second-order valence-corrected chi connectivity index (χ2v) is 9.27. The van der Waals surface area contributed by atoms with Crippen LogP contribution in [-0.2, 0) is 23.8 Å². The molecule has 1 aliphatic carbocycles. The molecule has 0 bridgehead atoms. The average molecular weight is 471 g/mol. The van der Waals surface area contributed by atoms with Crippen LogP contribution in [0.25, 0.3) is 0 Å². The minimum atomic E-state index is -1.21. The lowest BCUT2D eigenvalue weighted by molar-refractivity contribution is -0.141. The maximum atomic E-state index is 13.4. The van der Waals surface area contributed by atoms with E-state index in [9.17, 15) is 24.5 Å². The van der Waals surface area contributed by atoms with Crippen molar-refractivity contribution in [1.82, 2.24) is 4.90 Å². The molecule has 1 aromatic rings. The molecule has 0 aromatic heterocycles. The van der Waals surface area contributed by atoms with Crippen LogP contribution in [0, 0.1) is 17.8 Å². The molecule has 10 heteroatoms. The van der Waals surface area contributed by atoms with Crippen LogP contribution >= 0.6 is 0 Å². The van der Waals surface area contributed by atoms with Gasteiger partial charge in [0.25, 0.3) is 0 Å². The molecule has 182 valence electrons. The summed E-state index contributed by atoms with van der Waals surface area (Å²) >= 11 is 0. The SMILES string of the molecule is COCC1=C2B(O)O[C@H](c3ccc(O)cc3)C[C@H]2[C@H]2C(=O)N(CCCCCC(=O)O)C(=O)[C@H]2C1. The summed E-state index contributed by atoms with van der Waals surface area (Å²) in [6.07, 6.45) is 2.03. The predicted octanol–water partition coefficient (Wildman–Crippen LogP) is 2.08. The number of aliphatic carboxylic acids is 1. The van der Waals surface area contributed by atoms with E-state index in [1.54, 1.807) is 31.4 Å². The highest BCUT2D eigenvalue weighted by Gasteiger charge is 2.57. The van der Waals surface area contributed by atoms with E-state index >= 15 is 0 Å². The summed E-state index contributed by atoms with van der Waals surface area (Å²) in [7, 11) is 0.339. The first-order valence-corrected chi connectivity index (χ1v) is 11.7. The molecule has 3 aliphatic rings. The minimum absolute atomic E-state index is 0.0689. The Kier molecular flexibility index (Phi) is 7.40. The Hall–Kier alpha value is -2.69. The van der Waals surface area contributed by atoms with Gasteiger partial charge in [0.05, 0.1) is 24.5 Å². The van der Waals surface area contributed by atoms with Gasteiger partial charge >= 0.3 is 13.1 Å². The second-order valence-electron chi connectivity index (χ2n) is 9.27. The molecule has 3 N–H and O–H groups in total. The van der Waals surface area contributed by atoms with Crippen LogP contribution in [-0.4, -0.2) is 65.3 Å². The van der Waals surface area contributed by atoms with Gasteiger partial charge in [0.2, 0.25) is 11.8 Å². The van der Waals surface area contributed by atoms with Crippen molar-refractivity contribution in [3.63, 3.8) is 0 Å². The average Bonchev–Trinajstić information content (AvgIpc) is 3.03. The summed E-state index contributed by atoms with van der Waals surface area (Å²) in [4.78, 5) is 38.7. The largest absolute Gasteiger partial charge is 0.508 e. The molecule has 4 rings (SSSR count). The zero-order valence-electron chi connectivity index (χ0n) is 19.2. The number of ether oxygens (including phenoxy) is 1. The first-order valence-electron chi connectivity index (χ1n) is 11.7. The molecule has 2 heterocycles. The molecule has 4 atom stereocenters. The van der Waals surface area contributed by atoms with Gasteiger partial charge in [0.1, 0.15) is 5.75 Å². The van der Waals surface area contributed by atoms with E-state index in [4.69, 9.17) is 14.5 Å². The summed E-state index contributed by atoms with van der Waals surface area (Å²) < 4.78 is 11.3. The third-order valence-corrected chi connectivity index (χ3v) is 7.16. The standard InChI is InChI=1S/C24H30BNO8/c1-33-13-15-11-18-21(24(31)26(23(18)30)10-4-2-3-5-20(28)29)17-12-19(34-25(32)22(15)17)14-6-8-16(27)9-7-14/h6-9,17-19,21,27,32H,2-5,10-13H2,1H3,(H,28,29)/t17-,18-,19-,21+/m0/s1. The molecule has 2 amide bonds. The number of benzene rings is 1. The first kappa shape index (κ1) is 24.4. The lowest BCUT2D eigenvalue weighted by atomic mass is 9.55. The van der Waals surface area contributed by atoms with Crippen molar-refractivity contribution in [2.24, 2.45) is 17.8 Å². The van der Waals surface area contributed by atoms with Crippen LogP contribution in [0.3, 0.4) is 0 Å². The van der Waals surface area contributed by atoms with E-state index < -0.39 is 31.0 Å². The molecule has 0 unspecified atom stereocenters. The van der Waals surface area contributed by atoms with Crippen molar-refractivity contribution in [1.29, 1.82) is 0 Å². The fourth-order valence-corrected chi connectivity index (χ4v) is 5.63. The number of rotatable bonds is 9. The van der Waals surface area contributed by atoms with E-state index in [0.717, 1.165) is 11.1 Å². The number of carbonyl (C=O) groups is 3. The summed E-state index contributed by atoms with van der Waals surface area (Å²) in [6, 6.07) is 6.55. The van der Waals surface area contributed by atoms with Gasteiger partial charge in [-0.2, -0.15) is 0 Å². The number of carboxylic acid groups (broad SMARTS) is 1. The second kappa shape index (κ2) is 10.3. The number of aromatic hydroxyl groups is 1. The quantitative estimate of drug-likeness (QED) is 0.283. The molecule has 0 spiro atoms. The van der Waals surface area contributed by atoms with E-state index in [1.165, 1.54) is 4.90 Å². The third kappa shape index (κ3) is 4.75. The van der Waals surface area contributed by atoms with Crippen molar-refractivity contribution in [2.45, 2.75) is 44.6 Å². The maximum absolute atomic E-state index is 13.4. The number of imide groups is 1. The number of unbranched alkanes of at least 4 members (excludes halogenated alkanes) is 2. The van der Waals surface area contributed by atoms with Gasteiger partial charge < -0.3 is 24.6 Å². The molecule has 9 nitrogen and oxygen atoms in total. The Morgan fingerprint density at radius 3 is 2.56 bits per heavy atom. The molecular formula is C24H30BNO8. The number of likely N-dealkylation sites (tertiary alicyclic amines) is 1. The Morgan fingerprint density at radius 2 is 1.88 bits per heavy atom. The lowest BCUT2D eigenvalue weighted by Crippen LogP contribution is -2.45. The number of allylic oxidation sites excluding steroid dienone is 1. The lowest BCUT2D eigenvalue weighted by Gasteiger charge is -2.42. The van der Waals surface area contributed by atoms with Gasteiger partial charge in [-0.25, -0.2) is 0 Å². The molecule has 34 heavy (non-hydrogen) atoms. The van der Waals surface area contributed by atoms with E-state index in [2.05, 4.69) is 0 Å². The third-order valence-electron chi connectivity index (χ3n) is 7.16. The van der Waals surface area contributed by atoms with Gasteiger partial charge in [-0.05, 0) is 60.3 Å². The number of fused-ring (bicyclic) bond motifs is 3. The van der Waals surface area contributed by atoms with Gasteiger partial charge in [0, 0.05) is 20.1 Å². The Labute approximate surface area is 198 Å². The van der Waals surface area contributed by atoms with Gasteiger partial charge in [-0.3, -0.25) is 19.3 Å². The number of phenolic OH excluding ortho intramolecular Hbond substituents is 1. The highest BCUT2D eigenvalue weighted by molar-refractivity contribution is 6.53. The highest BCUT2D eigenvalue weighted by Crippen LogP contribution is 2.51. The normalized spacial score (nSPS) is 26.6. The number of hydrogen-bond acceptors (Lipinski definition) is 7. The van der Waals surface area contributed by atoms with E-state index in [-0.39, 0.29) is 43.1 Å². The Bertz CT molecular complexity index is 978. The monoisotopic (exact) mass is 471 g/mol. The van der Waals surface area contributed by atoms with Crippen LogP contribution < -0.4 is 0 Å².